The minimum absolute atomic E-state index is 0.127. The first-order valence-corrected chi connectivity index (χ1v) is 12.5. The third kappa shape index (κ3) is 5.52. The molecule has 0 aliphatic carbocycles. The molecule has 1 atom stereocenters. The van der Waals surface area contributed by atoms with Gasteiger partial charge < -0.3 is 14.2 Å². The van der Waals surface area contributed by atoms with E-state index < -0.39 is 6.09 Å². The van der Waals surface area contributed by atoms with Crippen LogP contribution >= 0.6 is 0 Å². The number of benzene rings is 3. The second-order valence-corrected chi connectivity index (χ2v) is 9.03. The fraction of sp³-hybridized carbons (Fsp3) is 0.267. The van der Waals surface area contributed by atoms with Gasteiger partial charge in [-0.2, -0.15) is 0 Å². The fourth-order valence-corrected chi connectivity index (χ4v) is 5.03. The van der Waals surface area contributed by atoms with Gasteiger partial charge in [0.25, 0.3) is 0 Å². The minimum Gasteiger partial charge on any atom is -0.493 e. The standard InChI is InChI=1S/C30H31N3O4/c1-35-28-19-22-13-15-33(27(24(22)20-29(28)36-2)18-21-8-4-3-5-9-21)16-17-37-30(34)32-26-12-14-31-25-11-7-6-10-23(25)26/h3-12,14,19-20,27H,13,15-18H2,1-2H3,(H,31,32,34). The van der Waals surface area contributed by atoms with Crippen molar-refractivity contribution in [3.63, 3.8) is 0 Å². The maximum Gasteiger partial charge on any atom is 0.411 e. The van der Waals surface area contributed by atoms with Gasteiger partial charge in [0.2, 0.25) is 0 Å². The van der Waals surface area contributed by atoms with E-state index in [9.17, 15) is 4.79 Å². The van der Waals surface area contributed by atoms with E-state index in [2.05, 4.69) is 51.6 Å². The number of rotatable bonds is 8. The Balaban J connectivity index is 1.29. The molecule has 0 spiro atoms. The Kier molecular flexibility index (Phi) is 7.51. The molecule has 7 nitrogen and oxygen atoms in total. The maximum absolute atomic E-state index is 12.6. The van der Waals surface area contributed by atoms with Gasteiger partial charge in [-0.15, -0.1) is 0 Å². The molecule has 1 amide bonds. The number of fused-ring (bicyclic) bond motifs is 2. The molecule has 3 aromatic carbocycles. The number of aromatic nitrogens is 1. The number of carbonyl (C=O) groups is 1. The Morgan fingerprint density at radius 1 is 1.00 bits per heavy atom. The van der Waals surface area contributed by atoms with Crippen molar-refractivity contribution in [2.45, 2.75) is 18.9 Å². The van der Waals surface area contributed by atoms with Gasteiger partial charge in [0.1, 0.15) is 6.61 Å². The summed E-state index contributed by atoms with van der Waals surface area (Å²) in [4.78, 5) is 19.3. The quantitative estimate of drug-likeness (QED) is 0.340. The predicted octanol–water partition coefficient (Wildman–Crippen LogP) is 5.64. The number of methoxy groups -OCH3 is 2. The molecule has 5 rings (SSSR count). The molecule has 1 aromatic heterocycles. The van der Waals surface area contributed by atoms with Crippen LogP contribution in [0.2, 0.25) is 0 Å². The van der Waals surface area contributed by atoms with Crippen LogP contribution in [-0.2, 0) is 17.6 Å². The second kappa shape index (κ2) is 11.3. The number of nitrogens with zero attached hydrogens (tertiary/aromatic N) is 2. The van der Waals surface area contributed by atoms with E-state index in [4.69, 9.17) is 14.2 Å². The number of pyridine rings is 1. The van der Waals surface area contributed by atoms with Crippen molar-refractivity contribution in [2.75, 3.05) is 39.2 Å². The van der Waals surface area contributed by atoms with Crippen LogP contribution in [-0.4, -0.2) is 49.9 Å². The molecule has 37 heavy (non-hydrogen) atoms. The lowest BCUT2D eigenvalue weighted by Crippen LogP contribution is -2.39. The zero-order valence-corrected chi connectivity index (χ0v) is 21.1. The highest BCUT2D eigenvalue weighted by Crippen LogP contribution is 2.39. The summed E-state index contributed by atoms with van der Waals surface area (Å²) in [6, 6.07) is 24.2. The average molecular weight is 498 g/mol. The molecule has 1 N–H and O–H groups in total. The molecule has 1 aliphatic rings. The first-order chi connectivity index (χ1) is 18.2. The van der Waals surface area contributed by atoms with Crippen molar-refractivity contribution in [1.29, 1.82) is 0 Å². The molecule has 0 bridgehead atoms. The summed E-state index contributed by atoms with van der Waals surface area (Å²) in [5.41, 5.74) is 5.25. The summed E-state index contributed by atoms with van der Waals surface area (Å²) in [5, 5.41) is 3.74. The number of anilines is 1. The Hall–Kier alpha value is -4.10. The van der Waals surface area contributed by atoms with Gasteiger partial charge in [-0.3, -0.25) is 15.2 Å². The van der Waals surface area contributed by atoms with E-state index in [1.807, 2.05) is 30.3 Å². The van der Waals surface area contributed by atoms with E-state index in [0.717, 1.165) is 41.8 Å². The van der Waals surface area contributed by atoms with Gasteiger partial charge in [0, 0.05) is 30.7 Å². The van der Waals surface area contributed by atoms with Crippen molar-refractivity contribution in [3.8, 4) is 11.5 Å². The molecular weight excluding hydrogens is 466 g/mol. The van der Waals surface area contributed by atoms with Gasteiger partial charge in [0.05, 0.1) is 25.4 Å². The van der Waals surface area contributed by atoms with Crippen LogP contribution in [0.25, 0.3) is 10.9 Å². The topological polar surface area (TPSA) is 72.9 Å². The lowest BCUT2D eigenvalue weighted by molar-refractivity contribution is 0.115. The number of hydrogen-bond acceptors (Lipinski definition) is 6. The molecular formula is C30H31N3O4. The number of para-hydroxylation sites is 1. The number of carbonyl (C=O) groups excluding carboxylic acids is 1. The van der Waals surface area contributed by atoms with Crippen LogP contribution in [0.5, 0.6) is 11.5 Å². The van der Waals surface area contributed by atoms with Crippen LogP contribution in [0.3, 0.4) is 0 Å². The minimum atomic E-state index is -0.472. The lowest BCUT2D eigenvalue weighted by atomic mass is 9.88. The Labute approximate surface area is 217 Å². The normalized spacial score (nSPS) is 15.1. The molecule has 0 radical (unpaired) electrons. The lowest BCUT2D eigenvalue weighted by Gasteiger charge is -2.38. The van der Waals surface area contributed by atoms with Gasteiger partial charge in [-0.25, -0.2) is 4.79 Å². The Morgan fingerprint density at radius 2 is 1.76 bits per heavy atom. The Bertz CT molecular complexity index is 1370. The molecule has 0 fully saturated rings. The highest BCUT2D eigenvalue weighted by Gasteiger charge is 2.29. The first-order valence-electron chi connectivity index (χ1n) is 12.5. The highest BCUT2D eigenvalue weighted by atomic mass is 16.5. The SMILES string of the molecule is COc1cc2c(cc1OC)C(Cc1ccccc1)N(CCOC(=O)Nc1ccnc3ccccc13)CC2. The van der Waals surface area contributed by atoms with Gasteiger partial charge >= 0.3 is 6.09 Å². The summed E-state index contributed by atoms with van der Waals surface area (Å²) >= 11 is 0. The van der Waals surface area contributed by atoms with Crippen molar-refractivity contribution in [3.05, 3.63) is 95.7 Å². The average Bonchev–Trinajstić information content (AvgIpc) is 2.94. The van der Waals surface area contributed by atoms with Crippen LogP contribution < -0.4 is 14.8 Å². The van der Waals surface area contributed by atoms with E-state index in [1.165, 1.54) is 16.7 Å². The zero-order valence-electron chi connectivity index (χ0n) is 21.1. The highest BCUT2D eigenvalue weighted by molar-refractivity contribution is 5.98. The number of amides is 1. The van der Waals surface area contributed by atoms with Crippen molar-refractivity contribution in [2.24, 2.45) is 0 Å². The molecule has 2 heterocycles. The second-order valence-electron chi connectivity index (χ2n) is 9.03. The summed E-state index contributed by atoms with van der Waals surface area (Å²) in [7, 11) is 3.33. The largest absolute Gasteiger partial charge is 0.493 e. The van der Waals surface area contributed by atoms with Crippen molar-refractivity contribution < 1.29 is 19.0 Å². The Morgan fingerprint density at radius 3 is 2.57 bits per heavy atom. The third-order valence-corrected chi connectivity index (χ3v) is 6.88. The molecule has 0 saturated carbocycles. The van der Waals surface area contributed by atoms with Gasteiger partial charge in [-0.05, 0) is 53.8 Å². The molecule has 7 heteroatoms. The van der Waals surface area contributed by atoms with Crippen LogP contribution in [0.15, 0.2) is 79.0 Å². The van der Waals surface area contributed by atoms with E-state index in [1.54, 1.807) is 26.5 Å². The third-order valence-electron chi connectivity index (χ3n) is 6.88. The van der Waals surface area contributed by atoms with Crippen molar-refractivity contribution in [1.82, 2.24) is 9.88 Å². The predicted molar refractivity (Wildman–Crippen MR) is 144 cm³/mol. The summed E-state index contributed by atoms with van der Waals surface area (Å²) in [6.07, 6.45) is 2.94. The smallest absolute Gasteiger partial charge is 0.411 e. The summed E-state index contributed by atoms with van der Waals surface area (Å²) < 4.78 is 16.8. The number of ether oxygens (including phenoxy) is 3. The molecule has 0 saturated heterocycles. The zero-order chi connectivity index (χ0) is 25.6. The van der Waals surface area contributed by atoms with Crippen LogP contribution in [0, 0.1) is 0 Å². The van der Waals surface area contributed by atoms with Crippen molar-refractivity contribution >= 4 is 22.7 Å². The molecule has 190 valence electrons. The fourth-order valence-electron chi connectivity index (χ4n) is 5.03. The van der Waals surface area contributed by atoms with E-state index >= 15 is 0 Å². The maximum atomic E-state index is 12.6. The summed E-state index contributed by atoms with van der Waals surface area (Å²) in [6.45, 7) is 1.76. The van der Waals surface area contributed by atoms with E-state index in [-0.39, 0.29) is 12.6 Å². The summed E-state index contributed by atoms with van der Waals surface area (Å²) in [5.74, 6) is 1.47. The molecule has 1 aliphatic heterocycles. The molecule has 1 unspecified atom stereocenters. The number of nitrogens with one attached hydrogen (secondary N) is 1. The van der Waals surface area contributed by atoms with E-state index in [0.29, 0.717) is 12.2 Å². The van der Waals surface area contributed by atoms with Crippen LogP contribution in [0.4, 0.5) is 10.5 Å². The molecule has 4 aromatic rings. The van der Waals surface area contributed by atoms with Gasteiger partial charge in [0.15, 0.2) is 11.5 Å². The first kappa shape index (κ1) is 24.6. The monoisotopic (exact) mass is 497 g/mol. The number of hydrogen-bond donors (Lipinski definition) is 1. The van der Waals surface area contributed by atoms with Gasteiger partial charge in [-0.1, -0.05) is 48.5 Å². The van der Waals surface area contributed by atoms with Crippen LogP contribution in [0.1, 0.15) is 22.7 Å².